The fourth-order valence-electron chi connectivity index (χ4n) is 2.23. The Morgan fingerprint density at radius 3 is 2.76 bits per heavy atom. The van der Waals surface area contributed by atoms with Gasteiger partial charge >= 0.3 is 0 Å². The van der Waals surface area contributed by atoms with Crippen LogP contribution in [0.3, 0.4) is 0 Å². The molecule has 0 saturated heterocycles. The van der Waals surface area contributed by atoms with E-state index >= 15 is 0 Å². The fourth-order valence-corrected chi connectivity index (χ4v) is 2.23. The standard InChI is InChI=1S/C13H21N3O/c1-10-3-5-12(6-4-10)17-13-9-15-8-11(16-13)7-14-2/h8-10,12,14H,3-7H2,1-2H3. The zero-order chi connectivity index (χ0) is 12.1. The summed E-state index contributed by atoms with van der Waals surface area (Å²) in [7, 11) is 1.90. The molecule has 0 bridgehead atoms. The highest BCUT2D eigenvalue weighted by molar-refractivity contribution is 5.08. The predicted octanol–water partition coefficient (Wildman–Crippen LogP) is 2.15. The van der Waals surface area contributed by atoms with Crippen molar-refractivity contribution in [1.82, 2.24) is 15.3 Å². The number of aromatic nitrogens is 2. The van der Waals surface area contributed by atoms with Crippen LogP contribution in [0.5, 0.6) is 5.88 Å². The summed E-state index contributed by atoms with van der Waals surface area (Å²) in [5, 5.41) is 3.06. The van der Waals surface area contributed by atoms with Crippen LogP contribution in [-0.4, -0.2) is 23.1 Å². The lowest BCUT2D eigenvalue weighted by Gasteiger charge is -2.26. The Labute approximate surface area is 103 Å². The van der Waals surface area contributed by atoms with Gasteiger partial charge in [0.1, 0.15) is 6.10 Å². The number of rotatable bonds is 4. The van der Waals surface area contributed by atoms with Crippen LogP contribution in [0.4, 0.5) is 0 Å². The summed E-state index contributed by atoms with van der Waals surface area (Å²) in [6.07, 6.45) is 8.59. The topological polar surface area (TPSA) is 47.0 Å². The zero-order valence-corrected chi connectivity index (χ0v) is 10.6. The molecule has 0 atom stereocenters. The quantitative estimate of drug-likeness (QED) is 0.868. The lowest BCUT2D eigenvalue weighted by atomic mass is 9.89. The molecule has 1 N–H and O–H groups in total. The molecule has 0 radical (unpaired) electrons. The van der Waals surface area contributed by atoms with Gasteiger partial charge in [-0.25, -0.2) is 4.98 Å². The summed E-state index contributed by atoms with van der Waals surface area (Å²) in [4.78, 5) is 8.58. The van der Waals surface area contributed by atoms with Gasteiger partial charge in [-0.2, -0.15) is 0 Å². The molecular formula is C13H21N3O. The van der Waals surface area contributed by atoms with Gasteiger partial charge in [0.2, 0.25) is 5.88 Å². The van der Waals surface area contributed by atoms with Crippen molar-refractivity contribution in [1.29, 1.82) is 0 Å². The van der Waals surface area contributed by atoms with Crippen molar-refractivity contribution < 1.29 is 4.74 Å². The third-order valence-corrected chi connectivity index (χ3v) is 3.27. The molecule has 1 saturated carbocycles. The lowest BCUT2D eigenvalue weighted by molar-refractivity contribution is 0.129. The monoisotopic (exact) mass is 235 g/mol. The molecule has 1 aromatic heterocycles. The van der Waals surface area contributed by atoms with Crippen molar-refractivity contribution >= 4 is 0 Å². The van der Waals surface area contributed by atoms with Gasteiger partial charge in [-0.15, -0.1) is 0 Å². The van der Waals surface area contributed by atoms with Gasteiger partial charge in [-0.3, -0.25) is 4.98 Å². The Kier molecular flexibility index (Phi) is 4.31. The third kappa shape index (κ3) is 3.66. The van der Waals surface area contributed by atoms with Crippen molar-refractivity contribution in [3.8, 4) is 5.88 Å². The van der Waals surface area contributed by atoms with Crippen LogP contribution in [0.15, 0.2) is 12.4 Å². The average molecular weight is 235 g/mol. The Morgan fingerprint density at radius 2 is 2.06 bits per heavy atom. The first kappa shape index (κ1) is 12.3. The largest absolute Gasteiger partial charge is 0.473 e. The minimum atomic E-state index is 0.324. The SMILES string of the molecule is CNCc1cncc(OC2CCC(C)CC2)n1. The summed E-state index contributed by atoms with van der Waals surface area (Å²) in [5.41, 5.74) is 0.925. The van der Waals surface area contributed by atoms with Gasteiger partial charge in [-0.05, 0) is 38.6 Å². The van der Waals surface area contributed by atoms with Crippen molar-refractivity contribution in [2.24, 2.45) is 5.92 Å². The minimum Gasteiger partial charge on any atom is -0.473 e. The second-order valence-electron chi connectivity index (χ2n) is 4.88. The van der Waals surface area contributed by atoms with Gasteiger partial charge in [0.15, 0.2) is 0 Å². The Morgan fingerprint density at radius 1 is 1.29 bits per heavy atom. The van der Waals surface area contributed by atoms with Crippen LogP contribution in [0, 0.1) is 5.92 Å². The molecule has 0 aliphatic heterocycles. The van der Waals surface area contributed by atoms with Gasteiger partial charge in [0, 0.05) is 12.7 Å². The summed E-state index contributed by atoms with van der Waals surface area (Å²) < 4.78 is 5.89. The summed E-state index contributed by atoms with van der Waals surface area (Å²) in [6, 6.07) is 0. The first-order chi connectivity index (χ1) is 8.28. The normalized spacial score (nSPS) is 24.6. The van der Waals surface area contributed by atoms with E-state index in [1.165, 1.54) is 12.8 Å². The van der Waals surface area contributed by atoms with E-state index in [4.69, 9.17) is 4.74 Å². The summed E-state index contributed by atoms with van der Waals surface area (Å²) >= 11 is 0. The van der Waals surface area contributed by atoms with E-state index < -0.39 is 0 Å². The first-order valence-electron chi connectivity index (χ1n) is 6.40. The van der Waals surface area contributed by atoms with E-state index in [0.29, 0.717) is 12.0 Å². The molecule has 1 heterocycles. The maximum absolute atomic E-state index is 5.89. The van der Waals surface area contributed by atoms with Crippen LogP contribution in [0.2, 0.25) is 0 Å². The molecule has 1 aromatic rings. The van der Waals surface area contributed by atoms with Crippen LogP contribution < -0.4 is 10.1 Å². The van der Waals surface area contributed by atoms with Crippen LogP contribution in [0.25, 0.3) is 0 Å². The molecular weight excluding hydrogens is 214 g/mol. The van der Waals surface area contributed by atoms with Gasteiger partial charge in [0.25, 0.3) is 0 Å². The number of nitrogens with zero attached hydrogens (tertiary/aromatic N) is 2. The van der Waals surface area contributed by atoms with Crippen molar-refractivity contribution in [3.63, 3.8) is 0 Å². The Hall–Kier alpha value is -1.16. The maximum Gasteiger partial charge on any atom is 0.232 e. The minimum absolute atomic E-state index is 0.324. The molecule has 1 aliphatic rings. The van der Waals surface area contributed by atoms with E-state index in [-0.39, 0.29) is 0 Å². The molecule has 17 heavy (non-hydrogen) atoms. The van der Waals surface area contributed by atoms with Crippen LogP contribution >= 0.6 is 0 Å². The number of ether oxygens (including phenoxy) is 1. The number of hydrogen-bond acceptors (Lipinski definition) is 4. The van der Waals surface area contributed by atoms with Crippen molar-refractivity contribution in [2.45, 2.75) is 45.3 Å². The molecule has 0 spiro atoms. The van der Waals surface area contributed by atoms with E-state index in [1.807, 2.05) is 7.05 Å². The highest BCUT2D eigenvalue weighted by atomic mass is 16.5. The fraction of sp³-hybridized carbons (Fsp3) is 0.692. The average Bonchev–Trinajstić information content (AvgIpc) is 2.33. The van der Waals surface area contributed by atoms with Gasteiger partial charge in [-0.1, -0.05) is 6.92 Å². The van der Waals surface area contributed by atoms with E-state index in [2.05, 4.69) is 22.2 Å². The molecule has 0 unspecified atom stereocenters. The second-order valence-corrected chi connectivity index (χ2v) is 4.88. The molecule has 94 valence electrons. The van der Waals surface area contributed by atoms with E-state index in [0.717, 1.165) is 31.0 Å². The molecule has 4 nitrogen and oxygen atoms in total. The van der Waals surface area contributed by atoms with Crippen LogP contribution in [0.1, 0.15) is 38.3 Å². The summed E-state index contributed by atoms with van der Waals surface area (Å²) in [5.74, 6) is 1.51. The second kappa shape index (κ2) is 5.96. The molecule has 1 fully saturated rings. The highest BCUT2D eigenvalue weighted by Crippen LogP contribution is 2.26. The van der Waals surface area contributed by atoms with Crippen LogP contribution in [-0.2, 0) is 6.54 Å². The molecule has 1 aliphatic carbocycles. The molecule has 0 aromatic carbocycles. The molecule has 0 amide bonds. The molecule has 4 heteroatoms. The molecule has 2 rings (SSSR count). The smallest absolute Gasteiger partial charge is 0.232 e. The van der Waals surface area contributed by atoms with Crippen molar-refractivity contribution in [3.05, 3.63) is 18.1 Å². The lowest BCUT2D eigenvalue weighted by Crippen LogP contribution is -2.23. The van der Waals surface area contributed by atoms with Gasteiger partial charge in [0.05, 0.1) is 11.9 Å². The highest BCUT2D eigenvalue weighted by Gasteiger charge is 2.19. The zero-order valence-electron chi connectivity index (χ0n) is 10.6. The van der Waals surface area contributed by atoms with E-state index in [1.54, 1.807) is 12.4 Å². The van der Waals surface area contributed by atoms with Gasteiger partial charge < -0.3 is 10.1 Å². The van der Waals surface area contributed by atoms with E-state index in [9.17, 15) is 0 Å². The summed E-state index contributed by atoms with van der Waals surface area (Å²) in [6.45, 7) is 3.04. The Balaban J connectivity index is 1.91. The Bertz CT molecular complexity index is 348. The predicted molar refractivity (Wildman–Crippen MR) is 66.8 cm³/mol. The number of hydrogen-bond donors (Lipinski definition) is 1. The first-order valence-corrected chi connectivity index (χ1v) is 6.40. The van der Waals surface area contributed by atoms with Crippen molar-refractivity contribution in [2.75, 3.05) is 7.05 Å². The maximum atomic E-state index is 5.89. The number of nitrogens with one attached hydrogen (secondary N) is 1. The third-order valence-electron chi connectivity index (χ3n) is 3.27.